The van der Waals surface area contributed by atoms with E-state index in [0.29, 0.717) is 17.7 Å². The van der Waals surface area contributed by atoms with Crippen molar-refractivity contribution in [3.8, 4) is 5.75 Å². The van der Waals surface area contributed by atoms with Crippen LogP contribution >= 0.6 is 0 Å². The number of benzene rings is 3. The summed E-state index contributed by atoms with van der Waals surface area (Å²) >= 11 is 0. The molecule has 0 saturated carbocycles. The Morgan fingerprint density at radius 2 is 1.68 bits per heavy atom. The first kappa shape index (κ1) is 16.9. The van der Waals surface area contributed by atoms with Crippen LogP contribution in [0.3, 0.4) is 0 Å². The Bertz CT molecular complexity index is 1300. The fourth-order valence-electron chi connectivity index (χ4n) is 4.17. The molecule has 4 heteroatoms. The van der Waals surface area contributed by atoms with Gasteiger partial charge in [0, 0.05) is 28.7 Å². The van der Waals surface area contributed by atoms with E-state index in [9.17, 15) is 4.79 Å². The highest BCUT2D eigenvalue weighted by atomic mass is 16.5. The van der Waals surface area contributed by atoms with Crippen LogP contribution in [0, 0.1) is 20.8 Å². The molecule has 4 nitrogen and oxygen atoms in total. The summed E-state index contributed by atoms with van der Waals surface area (Å²) in [5, 5.41) is 2.49. The molecule has 0 N–H and O–H groups in total. The van der Waals surface area contributed by atoms with Crippen LogP contribution < -0.4 is 15.3 Å². The highest BCUT2D eigenvalue weighted by molar-refractivity contribution is 6.06. The molecule has 5 rings (SSSR count). The molecule has 0 saturated heterocycles. The van der Waals surface area contributed by atoms with Gasteiger partial charge in [-0.3, -0.25) is 0 Å². The number of nitrogens with zero attached hydrogens (tertiary/aromatic N) is 1. The van der Waals surface area contributed by atoms with Gasteiger partial charge in [-0.05, 0) is 55.5 Å². The van der Waals surface area contributed by atoms with Gasteiger partial charge in [-0.15, -0.1) is 0 Å². The van der Waals surface area contributed by atoms with Crippen molar-refractivity contribution in [3.05, 3.63) is 81.2 Å². The first-order valence-electron chi connectivity index (χ1n) is 9.46. The van der Waals surface area contributed by atoms with Crippen molar-refractivity contribution in [1.82, 2.24) is 0 Å². The average molecular weight is 371 g/mol. The second kappa shape index (κ2) is 6.13. The summed E-state index contributed by atoms with van der Waals surface area (Å²) in [6.07, 6.45) is 0. The number of hydrogen-bond donors (Lipinski definition) is 0. The fourth-order valence-corrected chi connectivity index (χ4v) is 4.17. The van der Waals surface area contributed by atoms with Crippen LogP contribution in [0.5, 0.6) is 5.75 Å². The highest BCUT2D eigenvalue weighted by Gasteiger charge is 2.24. The topological polar surface area (TPSA) is 42.7 Å². The van der Waals surface area contributed by atoms with Gasteiger partial charge in [0.1, 0.15) is 11.3 Å². The lowest BCUT2D eigenvalue weighted by molar-refractivity contribution is 0.287. The minimum absolute atomic E-state index is 0.307. The molecule has 0 amide bonds. The maximum absolute atomic E-state index is 12.4. The summed E-state index contributed by atoms with van der Waals surface area (Å²) in [6, 6.07) is 16.1. The minimum atomic E-state index is -0.307. The molecular formula is C24H21NO3. The second-order valence-corrected chi connectivity index (χ2v) is 7.49. The monoisotopic (exact) mass is 371 g/mol. The lowest BCUT2D eigenvalue weighted by Crippen LogP contribution is -2.32. The zero-order chi connectivity index (χ0) is 19.4. The summed E-state index contributed by atoms with van der Waals surface area (Å²) in [4.78, 5) is 14.7. The zero-order valence-electron chi connectivity index (χ0n) is 16.2. The van der Waals surface area contributed by atoms with Crippen LogP contribution in [0.15, 0.2) is 57.7 Å². The number of aryl methyl sites for hydroxylation is 2. The van der Waals surface area contributed by atoms with Crippen LogP contribution in [0.2, 0.25) is 0 Å². The summed E-state index contributed by atoms with van der Waals surface area (Å²) in [7, 11) is 0. The molecule has 0 fully saturated rings. The third kappa shape index (κ3) is 2.41. The summed E-state index contributed by atoms with van der Waals surface area (Å²) in [5.74, 6) is 0.826. The van der Waals surface area contributed by atoms with Crippen molar-refractivity contribution >= 4 is 27.4 Å². The van der Waals surface area contributed by atoms with Crippen LogP contribution in [0.1, 0.15) is 22.3 Å². The lowest BCUT2D eigenvalue weighted by Gasteiger charge is -2.33. The smallest absolute Gasteiger partial charge is 0.344 e. The molecule has 4 aromatic rings. The molecule has 0 aliphatic carbocycles. The van der Waals surface area contributed by atoms with Gasteiger partial charge in [-0.2, -0.15) is 0 Å². The van der Waals surface area contributed by atoms with E-state index in [1.807, 2.05) is 31.2 Å². The van der Waals surface area contributed by atoms with Gasteiger partial charge in [0.15, 0.2) is 6.73 Å². The van der Waals surface area contributed by atoms with E-state index in [1.54, 1.807) is 0 Å². The molecule has 2 heterocycles. The van der Waals surface area contributed by atoms with Gasteiger partial charge >= 0.3 is 5.63 Å². The second-order valence-electron chi connectivity index (χ2n) is 7.49. The van der Waals surface area contributed by atoms with Crippen molar-refractivity contribution < 1.29 is 9.15 Å². The van der Waals surface area contributed by atoms with E-state index in [1.165, 1.54) is 16.8 Å². The predicted molar refractivity (Wildman–Crippen MR) is 112 cm³/mol. The van der Waals surface area contributed by atoms with Crippen molar-refractivity contribution in [2.75, 3.05) is 11.6 Å². The number of ether oxygens (including phenoxy) is 1. The SMILES string of the molecule is Cc1cccc(N2COc3c(cc4c(oc(=O)c5ccccc54)c3C)C2)c1C. The normalized spacial score (nSPS) is 13.6. The molecule has 0 radical (unpaired) electrons. The number of fused-ring (bicyclic) bond motifs is 4. The van der Waals surface area contributed by atoms with Crippen LogP contribution in [0.25, 0.3) is 21.7 Å². The molecule has 0 spiro atoms. The van der Waals surface area contributed by atoms with Crippen LogP contribution in [-0.4, -0.2) is 6.73 Å². The third-order valence-corrected chi connectivity index (χ3v) is 5.81. The Labute approximate surface area is 163 Å². The molecule has 0 atom stereocenters. The van der Waals surface area contributed by atoms with E-state index < -0.39 is 0 Å². The quantitative estimate of drug-likeness (QED) is 0.339. The highest BCUT2D eigenvalue weighted by Crippen LogP contribution is 2.38. The van der Waals surface area contributed by atoms with Crippen LogP contribution in [-0.2, 0) is 6.54 Å². The van der Waals surface area contributed by atoms with Gasteiger partial charge in [-0.25, -0.2) is 4.79 Å². The Morgan fingerprint density at radius 1 is 0.893 bits per heavy atom. The Balaban J connectivity index is 1.71. The van der Waals surface area contributed by atoms with E-state index in [0.717, 1.165) is 34.2 Å². The van der Waals surface area contributed by atoms with Crippen molar-refractivity contribution in [1.29, 1.82) is 0 Å². The summed E-state index contributed by atoms with van der Waals surface area (Å²) < 4.78 is 11.8. The lowest BCUT2D eigenvalue weighted by atomic mass is 9.99. The first-order chi connectivity index (χ1) is 13.5. The molecule has 3 aromatic carbocycles. The van der Waals surface area contributed by atoms with Gasteiger partial charge in [-0.1, -0.05) is 30.3 Å². The van der Waals surface area contributed by atoms with E-state index in [2.05, 4.69) is 43.0 Å². The molecule has 0 unspecified atom stereocenters. The molecular weight excluding hydrogens is 350 g/mol. The Hall–Kier alpha value is -3.27. The fraction of sp³-hybridized carbons (Fsp3) is 0.208. The Kier molecular flexibility index (Phi) is 3.69. The van der Waals surface area contributed by atoms with Gasteiger partial charge in [0.05, 0.1) is 5.39 Å². The molecule has 0 bridgehead atoms. The molecule has 1 aromatic heterocycles. The van der Waals surface area contributed by atoms with Crippen LogP contribution in [0.4, 0.5) is 5.69 Å². The van der Waals surface area contributed by atoms with Crippen molar-refractivity contribution in [2.24, 2.45) is 0 Å². The van der Waals surface area contributed by atoms with E-state index in [4.69, 9.17) is 9.15 Å². The number of rotatable bonds is 1. The maximum atomic E-state index is 12.4. The maximum Gasteiger partial charge on any atom is 0.344 e. The van der Waals surface area contributed by atoms with E-state index in [-0.39, 0.29) is 5.63 Å². The van der Waals surface area contributed by atoms with E-state index >= 15 is 0 Å². The molecule has 1 aliphatic rings. The number of hydrogen-bond acceptors (Lipinski definition) is 4. The third-order valence-electron chi connectivity index (χ3n) is 5.81. The summed E-state index contributed by atoms with van der Waals surface area (Å²) in [5.41, 5.74) is 6.02. The average Bonchev–Trinajstić information content (AvgIpc) is 2.71. The summed E-state index contributed by atoms with van der Waals surface area (Å²) in [6.45, 7) is 7.47. The standard InChI is InChI=1S/C24H21NO3/c1-14-7-6-10-21(15(14)2)25-12-17-11-20-18-8-4-5-9-19(18)24(26)28-23(20)16(3)22(17)27-13-25/h4-11H,12-13H2,1-3H3. The predicted octanol–water partition coefficient (Wildman–Crippen LogP) is 5.23. The molecule has 1 aliphatic heterocycles. The van der Waals surface area contributed by atoms with Crippen molar-refractivity contribution in [3.63, 3.8) is 0 Å². The van der Waals surface area contributed by atoms with Gasteiger partial charge in [0.2, 0.25) is 0 Å². The minimum Gasteiger partial charge on any atom is -0.472 e. The van der Waals surface area contributed by atoms with Crippen molar-refractivity contribution in [2.45, 2.75) is 27.3 Å². The Morgan fingerprint density at radius 3 is 2.50 bits per heavy atom. The number of anilines is 1. The first-order valence-corrected chi connectivity index (χ1v) is 9.46. The van der Waals surface area contributed by atoms with Gasteiger partial charge < -0.3 is 14.1 Å². The zero-order valence-corrected chi connectivity index (χ0v) is 16.2. The largest absolute Gasteiger partial charge is 0.472 e. The van der Waals surface area contributed by atoms with Gasteiger partial charge in [0.25, 0.3) is 0 Å². The molecule has 28 heavy (non-hydrogen) atoms. The molecule has 140 valence electrons.